The molecule has 0 unspecified atom stereocenters. The number of benzene rings is 1. The van der Waals surface area contributed by atoms with E-state index in [1.54, 1.807) is 0 Å². The van der Waals surface area contributed by atoms with Gasteiger partial charge < -0.3 is 5.32 Å². The Kier molecular flexibility index (Phi) is 4.30. The van der Waals surface area contributed by atoms with Crippen molar-refractivity contribution in [3.63, 3.8) is 0 Å². The second kappa shape index (κ2) is 6.14. The van der Waals surface area contributed by atoms with Gasteiger partial charge in [0, 0.05) is 5.69 Å². The SMILES string of the molecule is Cc1ccc(NC(=O)CSc2nncc(=O)[nH]2)cc1. The van der Waals surface area contributed by atoms with Crippen LogP contribution in [-0.2, 0) is 4.79 Å². The molecule has 0 aliphatic heterocycles. The van der Waals surface area contributed by atoms with Crippen molar-refractivity contribution in [2.45, 2.75) is 12.1 Å². The molecule has 7 heteroatoms. The number of nitrogens with one attached hydrogen (secondary N) is 2. The zero-order valence-electron chi connectivity index (χ0n) is 10.2. The number of anilines is 1. The second-order valence-corrected chi connectivity index (χ2v) is 4.81. The van der Waals surface area contributed by atoms with Crippen LogP contribution in [0.2, 0.25) is 0 Å². The lowest BCUT2D eigenvalue weighted by atomic mass is 10.2. The third-order valence-corrected chi connectivity index (χ3v) is 3.09. The van der Waals surface area contributed by atoms with Crippen LogP contribution >= 0.6 is 11.8 Å². The normalized spacial score (nSPS) is 10.2. The van der Waals surface area contributed by atoms with Gasteiger partial charge in [0.2, 0.25) is 5.91 Å². The Morgan fingerprint density at radius 1 is 1.37 bits per heavy atom. The average Bonchev–Trinajstić information content (AvgIpc) is 2.39. The maximum Gasteiger partial charge on any atom is 0.270 e. The summed E-state index contributed by atoms with van der Waals surface area (Å²) in [6.45, 7) is 1.98. The van der Waals surface area contributed by atoms with Crippen LogP contribution in [0.1, 0.15) is 5.56 Å². The molecule has 2 N–H and O–H groups in total. The highest BCUT2D eigenvalue weighted by atomic mass is 32.2. The maximum absolute atomic E-state index is 11.7. The predicted octanol–water partition coefficient (Wildman–Crippen LogP) is 1.20. The smallest absolute Gasteiger partial charge is 0.270 e. The Morgan fingerprint density at radius 3 is 2.79 bits per heavy atom. The molecule has 0 aliphatic carbocycles. The van der Waals surface area contributed by atoms with Gasteiger partial charge in [0.05, 0.1) is 5.75 Å². The first kappa shape index (κ1) is 13.3. The number of amides is 1. The number of nitrogens with zero attached hydrogens (tertiary/aromatic N) is 2. The van der Waals surface area contributed by atoms with Crippen LogP contribution in [0.25, 0.3) is 0 Å². The lowest BCUT2D eigenvalue weighted by Crippen LogP contribution is -2.15. The molecule has 1 heterocycles. The third kappa shape index (κ3) is 4.22. The average molecular weight is 276 g/mol. The molecular formula is C12H12N4O2S. The summed E-state index contributed by atoms with van der Waals surface area (Å²) >= 11 is 1.12. The number of thioether (sulfide) groups is 1. The van der Waals surface area contributed by atoms with Crippen LogP contribution in [-0.4, -0.2) is 26.8 Å². The molecule has 1 aromatic carbocycles. The van der Waals surface area contributed by atoms with Gasteiger partial charge in [0.1, 0.15) is 6.20 Å². The minimum atomic E-state index is -0.337. The number of aromatic nitrogens is 3. The second-order valence-electron chi connectivity index (χ2n) is 3.84. The van der Waals surface area contributed by atoms with Crippen LogP contribution in [0.4, 0.5) is 5.69 Å². The molecule has 0 saturated carbocycles. The van der Waals surface area contributed by atoms with Crippen molar-refractivity contribution in [2.75, 3.05) is 11.1 Å². The van der Waals surface area contributed by atoms with E-state index in [1.165, 1.54) is 0 Å². The molecule has 2 aromatic rings. The van der Waals surface area contributed by atoms with Crippen LogP contribution in [0.15, 0.2) is 40.4 Å². The fourth-order valence-corrected chi connectivity index (χ4v) is 1.95. The lowest BCUT2D eigenvalue weighted by molar-refractivity contribution is -0.113. The van der Waals surface area contributed by atoms with Crippen molar-refractivity contribution in [2.24, 2.45) is 0 Å². The Hall–Kier alpha value is -2.15. The monoisotopic (exact) mass is 276 g/mol. The first-order chi connectivity index (χ1) is 9.13. The molecule has 1 aromatic heterocycles. The number of hydrogen-bond donors (Lipinski definition) is 2. The highest BCUT2D eigenvalue weighted by Crippen LogP contribution is 2.12. The zero-order valence-corrected chi connectivity index (χ0v) is 11.0. The van der Waals surface area contributed by atoms with Gasteiger partial charge in [0.15, 0.2) is 5.16 Å². The molecule has 0 bridgehead atoms. The quantitative estimate of drug-likeness (QED) is 0.819. The number of hydrogen-bond acceptors (Lipinski definition) is 5. The minimum absolute atomic E-state index is 0.155. The summed E-state index contributed by atoms with van der Waals surface area (Å²) in [6.07, 6.45) is 1.08. The highest BCUT2D eigenvalue weighted by molar-refractivity contribution is 7.99. The number of rotatable bonds is 4. The molecule has 1 amide bonds. The minimum Gasteiger partial charge on any atom is -0.325 e. The molecule has 0 saturated heterocycles. The van der Waals surface area contributed by atoms with E-state index in [2.05, 4.69) is 20.5 Å². The van der Waals surface area contributed by atoms with Gasteiger partial charge >= 0.3 is 0 Å². The Bertz CT molecular complexity index is 624. The van der Waals surface area contributed by atoms with Crippen LogP contribution < -0.4 is 10.9 Å². The summed E-state index contributed by atoms with van der Waals surface area (Å²) in [7, 11) is 0. The lowest BCUT2D eigenvalue weighted by Gasteiger charge is -2.04. The van der Waals surface area contributed by atoms with Crippen molar-refractivity contribution < 1.29 is 4.79 Å². The topological polar surface area (TPSA) is 87.7 Å². The standard InChI is InChI=1S/C12H12N4O2S/c1-8-2-4-9(5-3-8)14-11(18)7-19-12-15-10(17)6-13-16-12/h2-6H,7H2,1H3,(H,14,18)(H,15,16,17). The van der Waals surface area contributed by atoms with Crippen molar-refractivity contribution in [3.05, 3.63) is 46.4 Å². The van der Waals surface area contributed by atoms with Crippen molar-refractivity contribution in [3.8, 4) is 0 Å². The molecule has 0 radical (unpaired) electrons. The largest absolute Gasteiger partial charge is 0.325 e. The highest BCUT2D eigenvalue weighted by Gasteiger charge is 2.05. The molecule has 0 aliphatic rings. The van der Waals surface area contributed by atoms with Crippen molar-refractivity contribution >= 4 is 23.4 Å². The van der Waals surface area contributed by atoms with E-state index in [4.69, 9.17) is 0 Å². The first-order valence-corrected chi connectivity index (χ1v) is 6.53. The van der Waals surface area contributed by atoms with E-state index in [9.17, 15) is 9.59 Å². The number of carbonyl (C=O) groups excluding carboxylic acids is 1. The molecule has 0 fully saturated rings. The molecule has 0 atom stereocenters. The molecule has 6 nitrogen and oxygen atoms in total. The summed E-state index contributed by atoms with van der Waals surface area (Å²) in [5, 5.41) is 10.3. The van der Waals surface area contributed by atoms with Gasteiger partial charge in [-0.2, -0.15) is 5.10 Å². The maximum atomic E-state index is 11.7. The Morgan fingerprint density at radius 2 is 2.11 bits per heavy atom. The van der Waals surface area contributed by atoms with Crippen molar-refractivity contribution in [1.82, 2.24) is 15.2 Å². The fraction of sp³-hybridized carbons (Fsp3) is 0.167. The molecular weight excluding hydrogens is 264 g/mol. The summed E-state index contributed by atoms with van der Waals surface area (Å²) in [5.41, 5.74) is 1.53. The van der Waals surface area contributed by atoms with E-state index in [0.29, 0.717) is 5.16 Å². The number of aryl methyl sites for hydroxylation is 1. The van der Waals surface area contributed by atoms with E-state index < -0.39 is 0 Å². The number of carbonyl (C=O) groups is 1. The van der Waals surface area contributed by atoms with Crippen LogP contribution in [0.3, 0.4) is 0 Å². The van der Waals surface area contributed by atoms with Gasteiger partial charge in [-0.1, -0.05) is 29.5 Å². The Labute approximate surface area is 113 Å². The summed E-state index contributed by atoms with van der Waals surface area (Å²) < 4.78 is 0. The van der Waals surface area contributed by atoms with Gasteiger partial charge in [-0.25, -0.2) is 0 Å². The number of aromatic amines is 1. The predicted molar refractivity (Wildman–Crippen MR) is 73.2 cm³/mol. The first-order valence-electron chi connectivity index (χ1n) is 5.55. The van der Waals surface area contributed by atoms with Crippen LogP contribution in [0, 0.1) is 6.92 Å². The van der Waals surface area contributed by atoms with E-state index in [0.717, 1.165) is 29.2 Å². The molecule has 19 heavy (non-hydrogen) atoms. The third-order valence-electron chi connectivity index (χ3n) is 2.23. The summed E-state index contributed by atoms with van der Waals surface area (Å²) in [6, 6.07) is 7.51. The number of H-pyrrole nitrogens is 1. The van der Waals surface area contributed by atoms with Crippen molar-refractivity contribution in [1.29, 1.82) is 0 Å². The summed E-state index contributed by atoms with van der Waals surface area (Å²) in [4.78, 5) is 25.2. The Balaban J connectivity index is 1.88. The van der Waals surface area contributed by atoms with E-state index >= 15 is 0 Å². The molecule has 98 valence electrons. The van der Waals surface area contributed by atoms with Gasteiger partial charge in [0.25, 0.3) is 5.56 Å². The van der Waals surface area contributed by atoms with E-state index in [-0.39, 0.29) is 17.2 Å². The fourth-order valence-electron chi connectivity index (χ4n) is 1.33. The van der Waals surface area contributed by atoms with Gasteiger partial charge in [-0.3, -0.25) is 14.6 Å². The summed E-state index contributed by atoms with van der Waals surface area (Å²) in [5.74, 6) is -0.0111. The van der Waals surface area contributed by atoms with Crippen LogP contribution in [0.5, 0.6) is 0 Å². The molecule has 0 spiro atoms. The molecule has 2 rings (SSSR count). The van der Waals surface area contributed by atoms with Gasteiger partial charge in [-0.15, -0.1) is 5.10 Å². The van der Waals surface area contributed by atoms with Gasteiger partial charge in [-0.05, 0) is 19.1 Å². The zero-order chi connectivity index (χ0) is 13.7. The van der Waals surface area contributed by atoms with E-state index in [1.807, 2.05) is 31.2 Å².